The first-order chi connectivity index (χ1) is 17.2. The lowest BCUT2D eigenvalue weighted by Crippen LogP contribution is -2.43. The second-order valence-corrected chi connectivity index (χ2v) is 9.10. The summed E-state index contributed by atoms with van der Waals surface area (Å²) in [6, 6.07) is 0. The van der Waals surface area contributed by atoms with Gasteiger partial charge in [0.2, 0.25) is 0 Å². The summed E-state index contributed by atoms with van der Waals surface area (Å²) in [5.74, 6) is 2.26. The normalized spacial score (nSPS) is 21.9. The second kappa shape index (κ2) is 11.7. The van der Waals surface area contributed by atoms with E-state index in [1.807, 2.05) is 6.08 Å². The Morgan fingerprint density at radius 2 is 2.19 bits per heavy atom. The Bertz CT molecular complexity index is 1110. The molecule has 0 radical (unpaired) electrons. The van der Waals surface area contributed by atoms with Gasteiger partial charge in [-0.3, -0.25) is 4.57 Å². The molecular weight excluding hydrogens is 469 g/mol. The van der Waals surface area contributed by atoms with Crippen LogP contribution in [0.15, 0.2) is 19.0 Å². The molecule has 3 atom stereocenters. The van der Waals surface area contributed by atoms with Crippen LogP contribution >= 0.6 is 0 Å². The minimum absolute atomic E-state index is 0.0287. The first kappa shape index (κ1) is 27.4. The fraction of sp³-hybridized carbons (Fsp3) is 0.600. The molecule has 36 heavy (non-hydrogen) atoms. The van der Waals surface area contributed by atoms with Gasteiger partial charge in [0.1, 0.15) is 18.9 Å². The van der Waals surface area contributed by atoms with Crippen molar-refractivity contribution in [3.8, 4) is 12.3 Å². The lowest BCUT2D eigenvalue weighted by atomic mass is 9.75. The molecule has 3 N–H and O–H groups in total. The first-order valence-corrected chi connectivity index (χ1v) is 12.1. The number of nitrogens with two attached hydrogens (primary N) is 1. The van der Waals surface area contributed by atoms with Crippen molar-refractivity contribution in [3.05, 3.63) is 25.1 Å². The van der Waals surface area contributed by atoms with Crippen molar-refractivity contribution in [1.29, 1.82) is 0 Å². The molecule has 0 aliphatic carbocycles. The molecule has 10 nitrogen and oxygen atoms in total. The maximum Gasteiger partial charge on any atom is 0.508 e. The van der Waals surface area contributed by atoms with E-state index >= 15 is 0 Å². The summed E-state index contributed by atoms with van der Waals surface area (Å²) in [6.07, 6.45) is 10.8. The number of hydrogen-bond acceptors (Lipinski definition) is 9. The van der Waals surface area contributed by atoms with E-state index in [2.05, 4.69) is 41.3 Å². The van der Waals surface area contributed by atoms with Gasteiger partial charge in [0, 0.05) is 6.42 Å². The third-order valence-corrected chi connectivity index (χ3v) is 7.09. The Morgan fingerprint density at radius 3 is 2.86 bits per heavy atom. The number of rotatable bonds is 12. The molecule has 0 spiro atoms. The number of aliphatic hydroxyl groups is 1. The highest BCUT2D eigenvalue weighted by Crippen LogP contribution is 2.39. The number of aromatic nitrogens is 4. The molecule has 1 saturated heterocycles. The maximum absolute atomic E-state index is 13.7. The summed E-state index contributed by atoms with van der Waals surface area (Å²) in [5.41, 5.74) is 4.59. The molecule has 0 bridgehead atoms. The maximum atomic E-state index is 13.7. The number of unbranched alkanes of at least 4 members (excludes halogenated alkanes) is 1. The van der Waals surface area contributed by atoms with Gasteiger partial charge >= 0.3 is 12.2 Å². The van der Waals surface area contributed by atoms with Crippen molar-refractivity contribution >= 4 is 23.1 Å². The Hall–Kier alpha value is -3.23. The number of imidazole rings is 1. The predicted molar refractivity (Wildman–Crippen MR) is 131 cm³/mol. The standard InChI is InChI=1S/C25H34FN5O5/c1-5-11-24(6-2,7-3)12-9-10-13-34-23(33)35-15-25(8-4)17(32)14-18(36-25)31-16-28-19-20(27)29-22(26)30-21(19)31/h4-5,16-18,32H,1,6-7,9-15H2,2-3H3,(H2,27,29,30)/t17-,18+,25+/m0/s1. The van der Waals surface area contributed by atoms with E-state index in [9.17, 15) is 14.3 Å². The Morgan fingerprint density at radius 1 is 1.44 bits per heavy atom. The average Bonchev–Trinajstić information content (AvgIpc) is 3.43. The zero-order valence-corrected chi connectivity index (χ0v) is 20.8. The summed E-state index contributed by atoms with van der Waals surface area (Å²) in [6.45, 7) is 8.01. The molecule has 0 amide bonds. The van der Waals surface area contributed by atoms with Crippen molar-refractivity contribution in [1.82, 2.24) is 19.5 Å². The van der Waals surface area contributed by atoms with Gasteiger partial charge in [-0.15, -0.1) is 13.0 Å². The summed E-state index contributed by atoms with van der Waals surface area (Å²) in [4.78, 5) is 23.4. The lowest BCUT2D eigenvalue weighted by Gasteiger charge is -2.30. The van der Waals surface area contributed by atoms with Crippen LogP contribution in [0.3, 0.4) is 0 Å². The van der Waals surface area contributed by atoms with E-state index in [0.717, 1.165) is 32.1 Å². The van der Waals surface area contributed by atoms with Gasteiger partial charge in [-0.25, -0.2) is 9.78 Å². The SMILES string of the molecule is C#C[C@]1(COC(=O)OCCCCC(CC)(CC)CC=C)O[C@@H](n2cnc3c(N)nc(F)nc32)C[C@@H]1O. The number of halogens is 1. The van der Waals surface area contributed by atoms with Crippen molar-refractivity contribution < 1.29 is 28.5 Å². The van der Waals surface area contributed by atoms with E-state index in [1.54, 1.807) is 0 Å². The molecular formula is C25H34FN5O5. The molecule has 1 aliphatic heterocycles. The van der Waals surface area contributed by atoms with E-state index < -0.39 is 36.8 Å². The highest BCUT2D eigenvalue weighted by atomic mass is 19.1. The van der Waals surface area contributed by atoms with Gasteiger partial charge in [0.15, 0.2) is 22.6 Å². The number of fused-ring (bicyclic) bond motifs is 1. The highest BCUT2D eigenvalue weighted by molar-refractivity contribution is 5.81. The largest absolute Gasteiger partial charge is 0.508 e. The molecule has 1 aliphatic rings. The number of anilines is 1. The molecule has 11 heteroatoms. The number of carbonyl (C=O) groups is 1. The molecule has 196 valence electrons. The number of allylic oxidation sites excluding steroid dienone is 1. The summed E-state index contributed by atoms with van der Waals surface area (Å²) in [7, 11) is 0. The molecule has 0 aromatic carbocycles. The van der Waals surface area contributed by atoms with E-state index in [-0.39, 0.29) is 35.4 Å². The van der Waals surface area contributed by atoms with E-state index in [1.165, 1.54) is 10.9 Å². The number of nitrogen functional groups attached to an aromatic ring is 1. The third kappa shape index (κ3) is 5.77. The van der Waals surface area contributed by atoms with Crippen LogP contribution in [-0.2, 0) is 14.2 Å². The van der Waals surface area contributed by atoms with Gasteiger partial charge in [0.25, 0.3) is 0 Å². The van der Waals surface area contributed by atoms with Gasteiger partial charge in [-0.05, 0) is 31.1 Å². The first-order valence-electron chi connectivity index (χ1n) is 12.1. The fourth-order valence-corrected chi connectivity index (χ4v) is 4.61. The molecule has 3 heterocycles. The Balaban J connectivity index is 1.52. The summed E-state index contributed by atoms with van der Waals surface area (Å²) >= 11 is 0. The van der Waals surface area contributed by atoms with Gasteiger partial charge < -0.3 is 25.1 Å². The number of nitrogens with zero attached hydrogens (tertiary/aromatic N) is 4. The Labute approximate surface area is 210 Å². The third-order valence-electron chi connectivity index (χ3n) is 7.09. The van der Waals surface area contributed by atoms with E-state index in [4.69, 9.17) is 26.4 Å². The number of ether oxygens (including phenoxy) is 3. The monoisotopic (exact) mass is 503 g/mol. The quantitative estimate of drug-likeness (QED) is 0.145. The fourth-order valence-electron chi connectivity index (χ4n) is 4.61. The average molecular weight is 504 g/mol. The van der Waals surface area contributed by atoms with Crippen molar-refractivity contribution in [2.75, 3.05) is 18.9 Å². The molecule has 2 aromatic heterocycles. The molecule has 3 rings (SSSR count). The number of carbonyl (C=O) groups excluding carboxylic acids is 1. The summed E-state index contributed by atoms with van der Waals surface area (Å²) < 4.78 is 31.3. The smallest absolute Gasteiger partial charge is 0.434 e. The number of aliphatic hydroxyl groups excluding tert-OH is 1. The molecule has 0 unspecified atom stereocenters. The van der Waals surface area contributed by atoms with Gasteiger partial charge in [-0.2, -0.15) is 14.4 Å². The molecule has 1 fully saturated rings. The molecule has 2 aromatic rings. The van der Waals surface area contributed by atoms with Crippen molar-refractivity contribution in [2.24, 2.45) is 5.41 Å². The van der Waals surface area contributed by atoms with Crippen LogP contribution in [0.4, 0.5) is 15.0 Å². The van der Waals surface area contributed by atoms with Crippen LogP contribution in [0, 0.1) is 23.8 Å². The minimum atomic E-state index is -1.62. The zero-order chi connectivity index (χ0) is 26.3. The van der Waals surface area contributed by atoms with Crippen LogP contribution in [0.1, 0.15) is 65.0 Å². The predicted octanol–water partition coefficient (Wildman–Crippen LogP) is 3.91. The topological polar surface area (TPSA) is 135 Å². The lowest BCUT2D eigenvalue weighted by molar-refractivity contribution is -0.0980. The highest BCUT2D eigenvalue weighted by Gasteiger charge is 2.49. The van der Waals surface area contributed by atoms with Crippen LogP contribution < -0.4 is 5.73 Å². The van der Waals surface area contributed by atoms with E-state index in [0.29, 0.717) is 6.42 Å². The molecule has 0 saturated carbocycles. The zero-order valence-electron chi connectivity index (χ0n) is 20.8. The summed E-state index contributed by atoms with van der Waals surface area (Å²) in [5, 5.41) is 10.6. The Kier molecular flexibility index (Phi) is 8.87. The number of terminal acetylenes is 1. The van der Waals surface area contributed by atoms with Crippen molar-refractivity contribution in [2.45, 2.75) is 76.7 Å². The van der Waals surface area contributed by atoms with Crippen LogP contribution in [0.2, 0.25) is 0 Å². The van der Waals surface area contributed by atoms with Crippen LogP contribution in [0.5, 0.6) is 0 Å². The number of hydrogen-bond donors (Lipinski definition) is 2. The minimum Gasteiger partial charge on any atom is -0.434 e. The van der Waals surface area contributed by atoms with Gasteiger partial charge in [0.05, 0.1) is 12.9 Å². The van der Waals surface area contributed by atoms with Crippen LogP contribution in [0.25, 0.3) is 11.2 Å². The van der Waals surface area contributed by atoms with Crippen molar-refractivity contribution in [3.63, 3.8) is 0 Å². The second-order valence-electron chi connectivity index (χ2n) is 9.10. The van der Waals surface area contributed by atoms with Crippen LogP contribution in [-0.4, -0.2) is 55.7 Å². The van der Waals surface area contributed by atoms with Gasteiger partial charge in [-0.1, -0.05) is 38.7 Å².